The third-order valence-corrected chi connectivity index (χ3v) is 2.12. The predicted molar refractivity (Wildman–Crippen MR) is 63.3 cm³/mol. The van der Waals surface area contributed by atoms with Crippen LogP contribution in [0.5, 0.6) is 0 Å². The molecule has 0 N–H and O–H groups in total. The smallest absolute Gasteiger partial charge is 0.310 e. The first-order valence-corrected chi connectivity index (χ1v) is 5.33. The van der Waals surface area contributed by atoms with E-state index in [-0.39, 0.29) is 12.4 Å². The average molecular weight is 220 g/mol. The normalized spacial score (nSPS) is 9.44. The van der Waals surface area contributed by atoms with E-state index in [1.807, 2.05) is 38.1 Å². The third kappa shape index (κ3) is 2.63. The van der Waals surface area contributed by atoms with Crippen LogP contribution < -0.4 is 0 Å². The Labute approximate surface area is 95.0 Å². The Hall–Kier alpha value is -1.77. The molecule has 86 valence electrons. The lowest BCUT2D eigenvalue weighted by molar-refractivity contribution is -0.139. The Balaban J connectivity index is 0.000000606. The molecule has 0 saturated carbocycles. The first-order chi connectivity index (χ1) is 7.81. The first-order valence-electron chi connectivity index (χ1n) is 5.33. The van der Waals surface area contributed by atoms with Crippen molar-refractivity contribution in [3.05, 3.63) is 36.1 Å². The number of hydrogen-bond acceptors (Lipinski definition) is 3. The van der Waals surface area contributed by atoms with Crippen LogP contribution in [0.2, 0.25) is 0 Å². The molecule has 0 bridgehead atoms. The summed E-state index contributed by atoms with van der Waals surface area (Å²) in [5.41, 5.74) is 1.67. The van der Waals surface area contributed by atoms with Crippen LogP contribution in [0.25, 0.3) is 11.0 Å². The Morgan fingerprint density at radius 2 is 2.00 bits per heavy atom. The second-order valence-corrected chi connectivity index (χ2v) is 3.01. The molecular weight excluding hydrogens is 204 g/mol. The van der Waals surface area contributed by atoms with E-state index in [9.17, 15) is 4.79 Å². The van der Waals surface area contributed by atoms with Gasteiger partial charge in [-0.05, 0) is 6.07 Å². The molecular formula is C13H16O3. The van der Waals surface area contributed by atoms with Crippen molar-refractivity contribution in [3.63, 3.8) is 0 Å². The fourth-order valence-corrected chi connectivity index (χ4v) is 1.40. The van der Waals surface area contributed by atoms with E-state index in [1.54, 1.807) is 6.26 Å². The molecule has 3 heteroatoms. The van der Waals surface area contributed by atoms with Gasteiger partial charge in [0.2, 0.25) is 0 Å². The van der Waals surface area contributed by atoms with Gasteiger partial charge < -0.3 is 9.15 Å². The molecule has 1 aromatic carbocycles. The second kappa shape index (κ2) is 5.95. The summed E-state index contributed by atoms with van der Waals surface area (Å²) in [6, 6.07) is 7.61. The molecule has 2 aromatic rings. The number of methoxy groups -OCH3 is 1. The molecule has 0 aliphatic rings. The van der Waals surface area contributed by atoms with Crippen LogP contribution in [0.3, 0.4) is 0 Å². The fraction of sp³-hybridized carbons (Fsp3) is 0.308. The highest BCUT2D eigenvalue weighted by atomic mass is 16.5. The second-order valence-electron chi connectivity index (χ2n) is 3.01. The third-order valence-electron chi connectivity index (χ3n) is 2.12. The van der Waals surface area contributed by atoms with Crippen LogP contribution in [-0.4, -0.2) is 13.1 Å². The molecule has 0 fully saturated rings. The summed E-state index contributed by atoms with van der Waals surface area (Å²) in [5, 5.41) is 0.970. The summed E-state index contributed by atoms with van der Waals surface area (Å²) in [7, 11) is 1.38. The van der Waals surface area contributed by atoms with Gasteiger partial charge in [-0.1, -0.05) is 32.0 Å². The zero-order valence-corrected chi connectivity index (χ0v) is 9.82. The SMILES string of the molecule is CC.COC(=O)Cc1coc2ccccc12. The van der Waals surface area contributed by atoms with Crippen LogP contribution in [0.4, 0.5) is 0 Å². The predicted octanol–water partition coefficient (Wildman–Crippen LogP) is 3.17. The molecule has 1 aromatic heterocycles. The van der Waals surface area contributed by atoms with Crippen LogP contribution >= 0.6 is 0 Å². The minimum Gasteiger partial charge on any atom is -0.469 e. The largest absolute Gasteiger partial charge is 0.469 e. The lowest BCUT2D eigenvalue weighted by Gasteiger charge is -1.95. The Kier molecular flexibility index (Phi) is 4.58. The van der Waals surface area contributed by atoms with Gasteiger partial charge in [0.15, 0.2) is 0 Å². The van der Waals surface area contributed by atoms with E-state index >= 15 is 0 Å². The van der Waals surface area contributed by atoms with Crippen LogP contribution in [0.1, 0.15) is 19.4 Å². The number of fused-ring (bicyclic) bond motifs is 1. The highest BCUT2D eigenvalue weighted by Crippen LogP contribution is 2.21. The maximum absolute atomic E-state index is 11.1. The van der Waals surface area contributed by atoms with Crippen molar-refractivity contribution in [2.75, 3.05) is 7.11 Å². The summed E-state index contributed by atoms with van der Waals surface area (Å²) in [6.45, 7) is 4.00. The van der Waals surface area contributed by atoms with Gasteiger partial charge in [-0.25, -0.2) is 0 Å². The number of para-hydroxylation sites is 1. The standard InChI is InChI=1S/C11H10O3.C2H6/c1-13-11(12)6-8-7-14-10-5-3-2-4-9(8)10;1-2/h2-5,7H,6H2,1H3;1-2H3. The maximum atomic E-state index is 11.1. The van der Waals surface area contributed by atoms with Gasteiger partial charge in [-0.15, -0.1) is 0 Å². The number of rotatable bonds is 2. The molecule has 0 saturated heterocycles. The van der Waals surface area contributed by atoms with Crippen LogP contribution in [0, 0.1) is 0 Å². The first kappa shape index (κ1) is 12.3. The lowest BCUT2D eigenvalue weighted by Crippen LogP contribution is -2.03. The van der Waals surface area contributed by atoms with E-state index in [0.717, 1.165) is 16.5 Å². The summed E-state index contributed by atoms with van der Waals surface area (Å²) in [6.07, 6.45) is 1.86. The number of carbonyl (C=O) groups excluding carboxylic acids is 1. The Morgan fingerprint density at radius 3 is 2.69 bits per heavy atom. The monoisotopic (exact) mass is 220 g/mol. The van der Waals surface area contributed by atoms with Gasteiger partial charge in [-0.2, -0.15) is 0 Å². The molecule has 1 heterocycles. The molecule has 0 amide bonds. The molecule has 3 nitrogen and oxygen atoms in total. The Bertz CT molecular complexity index is 457. The maximum Gasteiger partial charge on any atom is 0.310 e. The highest BCUT2D eigenvalue weighted by Gasteiger charge is 2.09. The number of carbonyl (C=O) groups is 1. The van der Waals surface area contributed by atoms with Crippen LogP contribution in [0.15, 0.2) is 34.9 Å². The van der Waals surface area contributed by atoms with Gasteiger partial charge in [-0.3, -0.25) is 4.79 Å². The summed E-state index contributed by atoms with van der Waals surface area (Å²) in [5.74, 6) is -0.253. The fourth-order valence-electron chi connectivity index (χ4n) is 1.40. The minimum absolute atomic E-state index is 0.253. The minimum atomic E-state index is -0.253. The van der Waals surface area contributed by atoms with Crippen molar-refractivity contribution in [2.45, 2.75) is 20.3 Å². The van der Waals surface area contributed by atoms with Crippen molar-refractivity contribution in [1.82, 2.24) is 0 Å². The molecule has 0 radical (unpaired) electrons. The van der Waals surface area contributed by atoms with E-state index in [2.05, 4.69) is 4.74 Å². The Morgan fingerprint density at radius 1 is 1.31 bits per heavy atom. The number of ether oxygens (including phenoxy) is 1. The quantitative estimate of drug-likeness (QED) is 0.730. The van der Waals surface area contributed by atoms with E-state index < -0.39 is 0 Å². The molecule has 0 aliphatic heterocycles. The number of hydrogen-bond donors (Lipinski definition) is 0. The van der Waals surface area contributed by atoms with Crippen molar-refractivity contribution in [1.29, 1.82) is 0 Å². The zero-order valence-electron chi connectivity index (χ0n) is 9.82. The molecule has 0 atom stereocenters. The lowest BCUT2D eigenvalue weighted by atomic mass is 10.1. The molecule has 0 spiro atoms. The summed E-state index contributed by atoms with van der Waals surface area (Å²) >= 11 is 0. The average Bonchev–Trinajstić information content (AvgIpc) is 2.75. The van der Waals surface area contributed by atoms with Crippen molar-refractivity contribution in [3.8, 4) is 0 Å². The topological polar surface area (TPSA) is 39.4 Å². The van der Waals surface area contributed by atoms with Crippen molar-refractivity contribution >= 4 is 16.9 Å². The molecule has 2 rings (SSSR count). The van der Waals surface area contributed by atoms with Gasteiger partial charge >= 0.3 is 5.97 Å². The number of esters is 1. The van der Waals surface area contributed by atoms with Gasteiger partial charge in [0, 0.05) is 10.9 Å². The van der Waals surface area contributed by atoms with Crippen molar-refractivity contribution in [2.24, 2.45) is 0 Å². The zero-order chi connectivity index (χ0) is 12.0. The van der Waals surface area contributed by atoms with Crippen molar-refractivity contribution < 1.29 is 13.9 Å². The molecule has 0 unspecified atom stereocenters. The molecule has 0 aliphatic carbocycles. The van der Waals surface area contributed by atoms with Gasteiger partial charge in [0.05, 0.1) is 19.8 Å². The van der Waals surface area contributed by atoms with Crippen LogP contribution in [-0.2, 0) is 16.0 Å². The number of furan rings is 1. The summed E-state index contributed by atoms with van der Waals surface area (Å²) < 4.78 is 9.88. The highest BCUT2D eigenvalue weighted by molar-refractivity contribution is 5.85. The van der Waals surface area contributed by atoms with E-state index in [0.29, 0.717) is 0 Å². The van der Waals surface area contributed by atoms with Gasteiger partial charge in [0.25, 0.3) is 0 Å². The number of benzene rings is 1. The molecule has 16 heavy (non-hydrogen) atoms. The van der Waals surface area contributed by atoms with E-state index in [1.165, 1.54) is 7.11 Å². The van der Waals surface area contributed by atoms with Gasteiger partial charge in [0.1, 0.15) is 5.58 Å². The summed E-state index contributed by atoms with van der Waals surface area (Å²) in [4.78, 5) is 11.1. The van der Waals surface area contributed by atoms with E-state index in [4.69, 9.17) is 4.42 Å².